The van der Waals surface area contributed by atoms with Crippen molar-refractivity contribution in [1.82, 2.24) is 10.2 Å². The maximum atomic E-state index is 5.67. The zero-order valence-electron chi connectivity index (χ0n) is 12.0. The van der Waals surface area contributed by atoms with Crippen LogP contribution in [0.25, 0.3) is 0 Å². The molecule has 2 heterocycles. The van der Waals surface area contributed by atoms with Crippen molar-refractivity contribution in [3.8, 4) is 0 Å². The minimum atomic E-state index is 0.363. The predicted molar refractivity (Wildman–Crippen MR) is 72.9 cm³/mol. The van der Waals surface area contributed by atoms with Crippen molar-refractivity contribution in [2.75, 3.05) is 32.8 Å². The third-order valence-corrected chi connectivity index (χ3v) is 4.06. The summed E-state index contributed by atoms with van der Waals surface area (Å²) in [6.07, 6.45) is 3.24. The summed E-state index contributed by atoms with van der Waals surface area (Å²) >= 11 is 0. The van der Waals surface area contributed by atoms with Crippen LogP contribution in [0.15, 0.2) is 0 Å². The minimum Gasteiger partial charge on any atom is -0.377 e. The first-order valence-electron chi connectivity index (χ1n) is 7.36. The van der Waals surface area contributed by atoms with Crippen molar-refractivity contribution in [1.29, 1.82) is 0 Å². The fraction of sp³-hybridized carbons (Fsp3) is 1.00. The average Bonchev–Trinajstić information content (AvgIpc) is 2.85. The molecule has 0 aromatic heterocycles. The van der Waals surface area contributed by atoms with Crippen LogP contribution in [0.1, 0.15) is 33.6 Å². The van der Waals surface area contributed by atoms with Gasteiger partial charge in [0, 0.05) is 38.3 Å². The normalized spacial score (nSPS) is 35.8. The van der Waals surface area contributed by atoms with E-state index >= 15 is 0 Å². The average molecular weight is 256 g/mol. The molecule has 4 unspecified atom stereocenters. The van der Waals surface area contributed by atoms with Crippen molar-refractivity contribution in [3.63, 3.8) is 0 Å². The molecule has 106 valence electrons. The Morgan fingerprint density at radius 3 is 2.89 bits per heavy atom. The maximum Gasteiger partial charge on any atom is 0.0700 e. The lowest BCUT2D eigenvalue weighted by Gasteiger charge is -2.40. The Hall–Kier alpha value is -0.160. The van der Waals surface area contributed by atoms with Gasteiger partial charge in [0.1, 0.15) is 0 Å². The van der Waals surface area contributed by atoms with E-state index in [-0.39, 0.29) is 0 Å². The second-order valence-electron chi connectivity index (χ2n) is 5.83. The number of morpholine rings is 1. The van der Waals surface area contributed by atoms with Crippen LogP contribution in [0.5, 0.6) is 0 Å². The molecule has 4 nitrogen and oxygen atoms in total. The molecule has 0 radical (unpaired) electrons. The van der Waals surface area contributed by atoms with Crippen molar-refractivity contribution in [2.45, 2.75) is 57.9 Å². The summed E-state index contributed by atoms with van der Waals surface area (Å²) in [6.45, 7) is 11.6. The summed E-state index contributed by atoms with van der Waals surface area (Å²) in [4.78, 5) is 2.55. The van der Waals surface area contributed by atoms with Crippen LogP contribution in [0.4, 0.5) is 0 Å². The van der Waals surface area contributed by atoms with E-state index in [1.54, 1.807) is 0 Å². The molecule has 4 atom stereocenters. The molecule has 2 saturated heterocycles. The van der Waals surface area contributed by atoms with Gasteiger partial charge in [0.05, 0.1) is 18.8 Å². The molecule has 0 bridgehead atoms. The van der Waals surface area contributed by atoms with Gasteiger partial charge in [-0.25, -0.2) is 0 Å². The lowest BCUT2D eigenvalue weighted by molar-refractivity contribution is -0.0631. The molecule has 0 spiro atoms. The van der Waals surface area contributed by atoms with Crippen LogP contribution in [0, 0.1) is 0 Å². The van der Waals surface area contributed by atoms with Crippen molar-refractivity contribution in [3.05, 3.63) is 0 Å². The van der Waals surface area contributed by atoms with Gasteiger partial charge >= 0.3 is 0 Å². The highest BCUT2D eigenvalue weighted by Gasteiger charge is 2.27. The van der Waals surface area contributed by atoms with Crippen molar-refractivity contribution < 1.29 is 9.47 Å². The van der Waals surface area contributed by atoms with E-state index in [0.717, 1.165) is 32.8 Å². The molecule has 0 amide bonds. The van der Waals surface area contributed by atoms with E-state index in [0.29, 0.717) is 24.3 Å². The highest BCUT2D eigenvalue weighted by atomic mass is 16.5. The van der Waals surface area contributed by atoms with E-state index in [4.69, 9.17) is 9.47 Å². The first kappa shape index (κ1) is 14.3. The largest absolute Gasteiger partial charge is 0.377 e. The van der Waals surface area contributed by atoms with Gasteiger partial charge in [-0.3, -0.25) is 4.90 Å². The fourth-order valence-corrected chi connectivity index (χ4v) is 2.92. The molecule has 0 aromatic rings. The molecule has 2 aliphatic heterocycles. The van der Waals surface area contributed by atoms with Crippen molar-refractivity contribution >= 4 is 0 Å². The molecule has 0 aromatic carbocycles. The van der Waals surface area contributed by atoms with E-state index in [1.165, 1.54) is 12.8 Å². The zero-order chi connectivity index (χ0) is 13.0. The Bertz CT molecular complexity index is 244. The van der Waals surface area contributed by atoms with E-state index in [9.17, 15) is 0 Å². The first-order valence-corrected chi connectivity index (χ1v) is 7.36. The van der Waals surface area contributed by atoms with Crippen LogP contribution in [-0.4, -0.2) is 62.0 Å². The first-order chi connectivity index (χ1) is 8.66. The Morgan fingerprint density at radius 1 is 1.33 bits per heavy atom. The standard InChI is InChI=1S/C14H28N2O2/c1-11(7-15-8-14-5-4-6-17-14)16-9-13(3)18-10-12(16)2/h11-15H,4-10H2,1-3H3. The molecule has 0 aliphatic carbocycles. The smallest absolute Gasteiger partial charge is 0.0700 e. The van der Waals surface area contributed by atoms with E-state index < -0.39 is 0 Å². The molecule has 4 heteroatoms. The number of rotatable bonds is 5. The summed E-state index contributed by atoms with van der Waals surface area (Å²) in [5, 5.41) is 3.55. The third-order valence-electron chi connectivity index (χ3n) is 4.06. The van der Waals surface area contributed by atoms with Gasteiger partial charge in [0.2, 0.25) is 0 Å². The van der Waals surface area contributed by atoms with Crippen LogP contribution in [0.2, 0.25) is 0 Å². The van der Waals surface area contributed by atoms with Gasteiger partial charge in [-0.1, -0.05) is 0 Å². The molecule has 1 N–H and O–H groups in total. The molecule has 2 aliphatic rings. The van der Waals surface area contributed by atoms with E-state index in [1.807, 2.05) is 0 Å². The van der Waals surface area contributed by atoms with Crippen LogP contribution in [-0.2, 0) is 9.47 Å². The Balaban J connectivity index is 1.67. The van der Waals surface area contributed by atoms with Gasteiger partial charge in [0.15, 0.2) is 0 Å². The molecule has 0 saturated carbocycles. The quantitative estimate of drug-likeness (QED) is 0.803. The summed E-state index contributed by atoms with van der Waals surface area (Å²) in [7, 11) is 0. The van der Waals surface area contributed by atoms with Crippen molar-refractivity contribution in [2.24, 2.45) is 0 Å². The number of hydrogen-bond acceptors (Lipinski definition) is 4. The number of ether oxygens (including phenoxy) is 2. The van der Waals surface area contributed by atoms with Crippen LogP contribution < -0.4 is 5.32 Å². The number of hydrogen-bond donors (Lipinski definition) is 1. The predicted octanol–water partition coefficient (Wildman–Crippen LogP) is 1.25. The monoisotopic (exact) mass is 256 g/mol. The van der Waals surface area contributed by atoms with Gasteiger partial charge in [-0.2, -0.15) is 0 Å². The highest BCUT2D eigenvalue weighted by molar-refractivity contribution is 4.81. The maximum absolute atomic E-state index is 5.67. The molecular weight excluding hydrogens is 228 g/mol. The lowest BCUT2D eigenvalue weighted by Crippen LogP contribution is -2.54. The minimum absolute atomic E-state index is 0.363. The molecule has 18 heavy (non-hydrogen) atoms. The highest BCUT2D eigenvalue weighted by Crippen LogP contribution is 2.15. The van der Waals surface area contributed by atoms with Crippen LogP contribution in [0.3, 0.4) is 0 Å². The lowest BCUT2D eigenvalue weighted by atomic mass is 10.1. The summed E-state index contributed by atoms with van der Waals surface area (Å²) in [5.74, 6) is 0. The molecule has 2 fully saturated rings. The Labute approximate surface area is 111 Å². The Morgan fingerprint density at radius 2 is 2.17 bits per heavy atom. The summed E-state index contributed by atoms with van der Waals surface area (Å²) in [5.41, 5.74) is 0. The summed E-state index contributed by atoms with van der Waals surface area (Å²) in [6, 6.07) is 1.09. The Kier molecular flexibility index (Phi) is 5.42. The fourth-order valence-electron chi connectivity index (χ4n) is 2.92. The number of nitrogens with zero attached hydrogens (tertiary/aromatic N) is 1. The van der Waals surface area contributed by atoms with E-state index in [2.05, 4.69) is 31.0 Å². The topological polar surface area (TPSA) is 33.7 Å². The van der Waals surface area contributed by atoms with Gasteiger partial charge in [0.25, 0.3) is 0 Å². The SMILES string of the molecule is CC1CN(C(C)CNCC2CCCO2)C(C)CO1. The van der Waals surface area contributed by atoms with Gasteiger partial charge < -0.3 is 14.8 Å². The second-order valence-corrected chi connectivity index (χ2v) is 5.83. The molecular formula is C14H28N2O2. The second kappa shape index (κ2) is 6.85. The van der Waals surface area contributed by atoms with Gasteiger partial charge in [-0.15, -0.1) is 0 Å². The third kappa shape index (κ3) is 3.92. The van der Waals surface area contributed by atoms with Gasteiger partial charge in [-0.05, 0) is 33.6 Å². The summed E-state index contributed by atoms with van der Waals surface area (Å²) < 4.78 is 11.3. The molecule has 2 rings (SSSR count). The van der Waals surface area contributed by atoms with Crippen LogP contribution >= 0.6 is 0 Å². The number of nitrogens with one attached hydrogen (secondary N) is 1. The zero-order valence-corrected chi connectivity index (χ0v) is 12.0.